The molecule has 0 saturated heterocycles. The SMILES string of the molecule is CCCCCC/C=C\C=C/CCCCCCCC(=O)OC[C@H](COP(=O)(O)OC[C@@H](O)COP(=O)(O)OC[C@@H](COC(=O)CCCCCCCCCCCCCC)OC(=O)CCCCCCCCCCCCCCCC)OC(=O)CCCCCCCCCCCCCCCCC(C)CC. The lowest BCUT2D eigenvalue weighted by Crippen LogP contribution is -2.30. The van der Waals surface area contributed by atoms with Crippen LogP contribution < -0.4 is 0 Å². The van der Waals surface area contributed by atoms with Gasteiger partial charge in [-0.25, -0.2) is 9.13 Å². The van der Waals surface area contributed by atoms with Gasteiger partial charge in [0.25, 0.3) is 0 Å². The van der Waals surface area contributed by atoms with Crippen LogP contribution >= 0.6 is 15.6 Å². The first-order valence-corrected chi connectivity index (χ1v) is 44.0. The van der Waals surface area contributed by atoms with Gasteiger partial charge in [0.15, 0.2) is 12.2 Å². The number of carbonyl (C=O) groups is 4. The smallest absolute Gasteiger partial charge is 0.462 e. The maximum absolute atomic E-state index is 13.1. The Morgan fingerprint density at radius 1 is 0.323 bits per heavy atom. The van der Waals surface area contributed by atoms with E-state index in [4.69, 9.17) is 37.0 Å². The van der Waals surface area contributed by atoms with Crippen LogP contribution in [-0.2, 0) is 65.4 Å². The van der Waals surface area contributed by atoms with Crippen molar-refractivity contribution in [1.82, 2.24) is 0 Å². The standard InChI is InChI=1S/C80H152O17P2/c1-6-10-13-16-19-22-25-28-30-35-39-44-49-54-59-64-78(83)91-70-76(97-80(85)66-61-56-51-46-41-36-32-31-33-37-42-47-52-57-62-73(5)9-4)72-95-99(88,89)93-68-74(81)67-92-98(86,87)94-71-75(69-90-77(82)63-58-53-48-43-38-27-24-21-18-15-12-8-3)96-79(84)65-60-55-50-45-40-34-29-26-23-20-17-14-11-7-2/h22,25,28,30,73-76,81H,6-21,23-24,26-27,29,31-72H2,1-5H3,(H,86,87)(H,88,89)/b25-22-,30-28-/t73?,74-,75+,76+/m0/s1. The number of aliphatic hydroxyl groups excluding tert-OH is 1. The fraction of sp³-hybridized carbons (Fsp3) is 0.900. The quantitative estimate of drug-likeness (QED) is 0.0169. The Bertz CT molecular complexity index is 1990. The van der Waals surface area contributed by atoms with E-state index in [9.17, 15) is 43.2 Å². The van der Waals surface area contributed by atoms with Crippen LogP contribution in [0, 0.1) is 5.92 Å². The average molecular weight is 1450 g/mol. The minimum absolute atomic E-state index is 0.101. The summed E-state index contributed by atoms with van der Waals surface area (Å²) in [6.07, 6.45) is 65.7. The molecule has 0 fully saturated rings. The van der Waals surface area contributed by atoms with E-state index < -0.39 is 97.5 Å². The molecule has 17 nitrogen and oxygen atoms in total. The predicted molar refractivity (Wildman–Crippen MR) is 404 cm³/mol. The van der Waals surface area contributed by atoms with E-state index in [0.29, 0.717) is 25.7 Å². The second-order valence-corrected chi connectivity index (χ2v) is 31.3. The molecule has 0 aromatic rings. The Kier molecular flexibility index (Phi) is 70.7. The Morgan fingerprint density at radius 3 is 0.859 bits per heavy atom. The highest BCUT2D eigenvalue weighted by atomic mass is 31.2. The summed E-state index contributed by atoms with van der Waals surface area (Å²) in [5.74, 6) is -1.29. The van der Waals surface area contributed by atoms with Crippen molar-refractivity contribution in [2.45, 2.75) is 419 Å². The van der Waals surface area contributed by atoms with E-state index in [1.807, 2.05) is 0 Å². The number of ether oxygens (including phenoxy) is 4. The number of aliphatic hydroxyl groups is 1. The van der Waals surface area contributed by atoms with Gasteiger partial charge < -0.3 is 33.8 Å². The minimum atomic E-state index is -4.97. The molecule has 0 radical (unpaired) electrons. The lowest BCUT2D eigenvalue weighted by atomic mass is 9.99. The number of unbranched alkanes of at least 4 members (excludes halogenated alkanes) is 46. The molecule has 0 heterocycles. The highest BCUT2D eigenvalue weighted by Crippen LogP contribution is 2.45. The molecule has 0 amide bonds. The summed E-state index contributed by atoms with van der Waals surface area (Å²) in [4.78, 5) is 73.0. The fourth-order valence-corrected chi connectivity index (χ4v) is 13.4. The number of rotatable bonds is 78. The van der Waals surface area contributed by atoms with Gasteiger partial charge in [-0.05, 0) is 57.3 Å². The predicted octanol–water partition coefficient (Wildman–Crippen LogP) is 23.6. The molecule has 0 aliphatic rings. The third-order valence-corrected chi connectivity index (χ3v) is 20.4. The largest absolute Gasteiger partial charge is 0.472 e. The normalized spacial score (nSPS) is 14.3. The first kappa shape index (κ1) is 96.5. The molecule has 0 aliphatic carbocycles. The Balaban J connectivity index is 5.29. The van der Waals surface area contributed by atoms with Crippen LogP contribution in [-0.4, -0.2) is 96.7 Å². The summed E-state index contributed by atoms with van der Waals surface area (Å²) in [6, 6.07) is 0. The Morgan fingerprint density at radius 2 is 0.566 bits per heavy atom. The lowest BCUT2D eigenvalue weighted by Gasteiger charge is -2.21. The molecule has 19 heteroatoms. The van der Waals surface area contributed by atoms with E-state index >= 15 is 0 Å². The molecule has 6 atom stereocenters. The third-order valence-electron chi connectivity index (χ3n) is 18.5. The van der Waals surface area contributed by atoms with Crippen molar-refractivity contribution in [3.63, 3.8) is 0 Å². The number of phosphoric acid groups is 2. The molecular weight excluding hydrogens is 1290 g/mol. The zero-order valence-electron chi connectivity index (χ0n) is 64.1. The Labute approximate surface area is 605 Å². The van der Waals surface area contributed by atoms with Crippen LogP contribution in [0.2, 0.25) is 0 Å². The molecule has 99 heavy (non-hydrogen) atoms. The van der Waals surface area contributed by atoms with Gasteiger partial charge in [0, 0.05) is 25.7 Å². The van der Waals surface area contributed by atoms with Crippen molar-refractivity contribution in [1.29, 1.82) is 0 Å². The zero-order valence-corrected chi connectivity index (χ0v) is 65.9. The van der Waals surface area contributed by atoms with Crippen molar-refractivity contribution in [2.24, 2.45) is 5.92 Å². The molecule has 0 saturated carbocycles. The van der Waals surface area contributed by atoms with E-state index in [0.717, 1.165) is 115 Å². The van der Waals surface area contributed by atoms with Gasteiger partial charge in [-0.2, -0.15) is 0 Å². The highest BCUT2D eigenvalue weighted by Gasteiger charge is 2.30. The maximum Gasteiger partial charge on any atom is 0.472 e. The molecule has 0 aromatic carbocycles. The fourth-order valence-electron chi connectivity index (χ4n) is 11.8. The maximum atomic E-state index is 13.1. The molecule has 0 rings (SSSR count). The van der Waals surface area contributed by atoms with Gasteiger partial charge in [0.05, 0.1) is 26.4 Å². The zero-order chi connectivity index (χ0) is 72.7. The molecule has 0 bridgehead atoms. The van der Waals surface area contributed by atoms with Crippen molar-refractivity contribution in [3.05, 3.63) is 24.3 Å². The third kappa shape index (κ3) is 72.3. The molecule has 0 aliphatic heterocycles. The topological polar surface area (TPSA) is 237 Å². The summed E-state index contributed by atoms with van der Waals surface area (Å²) in [7, 11) is -9.93. The second-order valence-electron chi connectivity index (χ2n) is 28.4. The van der Waals surface area contributed by atoms with E-state index in [1.54, 1.807) is 0 Å². The number of hydrogen-bond acceptors (Lipinski definition) is 15. The van der Waals surface area contributed by atoms with Crippen molar-refractivity contribution in [3.8, 4) is 0 Å². The highest BCUT2D eigenvalue weighted by molar-refractivity contribution is 7.47. The first-order valence-electron chi connectivity index (χ1n) is 41.0. The van der Waals surface area contributed by atoms with Gasteiger partial charge in [0.2, 0.25) is 0 Å². The van der Waals surface area contributed by atoms with Gasteiger partial charge in [-0.15, -0.1) is 0 Å². The van der Waals surface area contributed by atoms with Crippen LogP contribution in [0.3, 0.4) is 0 Å². The average Bonchev–Trinajstić information content (AvgIpc) is 0.988. The first-order chi connectivity index (χ1) is 48.1. The summed E-state index contributed by atoms with van der Waals surface area (Å²) in [5, 5.41) is 10.6. The molecule has 0 aromatic heterocycles. The summed E-state index contributed by atoms with van der Waals surface area (Å²) >= 11 is 0. The van der Waals surface area contributed by atoms with E-state index in [2.05, 4.69) is 58.9 Å². The number of allylic oxidation sites excluding steroid dienone is 4. The summed E-state index contributed by atoms with van der Waals surface area (Å²) < 4.78 is 68.7. The van der Waals surface area contributed by atoms with Crippen molar-refractivity contribution < 1.29 is 80.2 Å². The van der Waals surface area contributed by atoms with Crippen molar-refractivity contribution in [2.75, 3.05) is 39.6 Å². The van der Waals surface area contributed by atoms with Gasteiger partial charge in [0.1, 0.15) is 19.3 Å². The Hall–Kier alpha value is -2.46. The summed E-state index contributed by atoms with van der Waals surface area (Å²) in [6.45, 7) is 7.31. The van der Waals surface area contributed by atoms with Crippen LogP contribution in [0.4, 0.5) is 0 Å². The molecule has 3 N–H and O–H groups in total. The molecule has 3 unspecified atom stereocenters. The van der Waals surface area contributed by atoms with Gasteiger partial charge in [-0.1, -0.05) is 348 Å². The summed E-state index contributed by atoms with van der Waals surface area (Å²) in [5.41, 5.74) is 0. The number of esters is 4. The van der Waals surface area contributed by atoms with Crippen LogP contribution in [0.1, 0.15) is 401 Å². The number of phosphoric ester groups is 2. The number of hydrogen-bond donors (Lipinski definition) is 3. The van der Waals surface area contributed by atoms with E-state index in [1.165, 1.54) is 205 Å². The molecular formula is C80H152O17P2. The number of carbonyl (C=O) groups excluding carboxylic acids is 4. The van der Waals surface area contributed by atoms with Crippen LogP contribution in [0.5, 0.6) is 0 Å². The van der Waals surface area contributed by atoms with Gasteiger partial charge >= 0.3 is 39.5 Å². The monoisotopic (exact) mass is 1450 g/mol. The van der Waals surface area contributed by atoms with Crippen molar-refractivity contribution >= 4 is 39.5 Å². The molecule has 0 spiro atoms. The van der Waals surface area contributed by atoms with Crippen LogP contribution in [0.25, 0.3) is 0 Å². The molecule has 584 valence electrons. The van der Waals surface area contributed by atoms with Crippen LogP contribution in [0.15, 0.2) is 24.3 Å². The second kappa shape index (κ2) is 72.5. The minimum Gasteiger partial charge on any atom is -0.462 e. The lowest BCUT2D eigenvalue weighted by molar-refractivity contribution is -0.161. The van der Waals surface area contributed by atoms with E-state index in [-0.39, 0.29) is 25.7 Å². The van der Waals surface area contributed by atoms with Gasteiger partial charge in [-0.3, -0.25) is 37.3 Å².